The summed E-state index contributed by atoms with van der Waals surface area (Å²) in [4.78, 5) is 24.6. The van der Waals surface area contributed by atoms with Gasteiger partial charge in [0.25, 0.3) is 0 Å². The van der Waals surface area contributed by atoms with E-state index in [0.29, 0.717) is 29.9 Å². The largest absolute Gasteiger partial charge is 0.390 e. The minimum atomic E-state index is -1.06. The number of imidazole rings is 1. The van der Waals surface area contributed by atoms with Crippen molar-refractivity contribution in [2.24, 2.45) is 17.1 Å². The second-order valence-electron chi connectivity index (χ2n) is 8.26. The number of nitrogens with one attached hydrogen (secondary N) is 1. The van der Waals surface area contributed by atoms with Crippen LogP contribution in [-0.2, 0) is 11.3 Å². The zero-order chi connectivity index (χ0) is 21.9. The molecule has 162 valence electrons. The molecule has 2 aliphatic carbocycles. The first-order valence-corrected chi connectivity index (χ1v) is 11.3. The number of primary amides is 1. The number of aliphatic hydroxyl groups excluding tert-OH is 2. The highest BCUT2D eigenvalue weighted by atomic mass is 127. The third kappa shape index (κ3) is 3.45. The van der Waals surface area contributed by atoms with Crippen LogP contribution in [0, 0.1) is 14.9 Å². The molecule has 0 spiro atoms. The average Bonchev–Trinajstić information content (AvgIpc) is 3.18. The van der Waals surface area contributed by atoms with Crippen LogP contribution in [0.1, 0.15) is 24.4 Å². The predicted octanol–water partition coefficient (Wildman–Crippen LogP) is 1.85. The van der Waals surface area contributed by atoms with E-state index in [-0.39, 0.29) is 17.6 Å². The lowest BCUT2D eigenvalue weighted by molar-refractivity contribution is -0.120. The van der Waals surface area contributed by atoms with Crippen LogP contribution < -0.4 is 11.1 Å². The number of amides is 1. The van der Waals surface area contributed by atoms with Crippen molar-refractivity contribution in [2.75, 3.05) is 5.32 Å². The summed E-state index contributed by atoms with van der Waals surface area (Å²) in [6, 6.07) is 7.59. The standard InChI is InChI=1S/C20H20ClIN6O3/c21-19-26-17(24-7-9-2-1-3-10(22)4-9)13-18(27-19)28(8-25-13)14-11-5-20(11,6-12(23)29)16(31)15(14)30/h1-4,8,11,14-16,30-31H,5-7H2,(H2,23,29)(H,24,26,27)/t11-,14-,15+,16+,20+/m1/s1. The van der Waals surface area contributed by atoms with Crippen LogP contribution in [0.4, 0.5) is 5.82 Å². The van der Waals surface area contributed by atoms with Gasteiger partial charge in [-0.05, 0) is 64.2 Å². The van der Waals surface area contributed by atoms with Gasteiger partial charge in [-0.3, -0.25) is 4.79 Å². The quantitative estimate of drug-likeness (QED) is 0.269. The molecular formula is C20H20ClIN6O3. The number of aromatic nitrogens is 4. The molecule has 11 heteroatoms. The number of anilines is 1. The number of nitrogens with two attached hydrogens (primary N) is 1. The minimum Gasteiger partial charge on any atom is -0.390 e. The van der Waals surface area contributed by atoms with E-state index in [1.807, 2.05) is 18.2 Å². The van der Waals surface area contributed by atoms with Gasteiger partial charge in [-0.15, -0.1) is 0 Å². The molecule has 1 aromatic carbocycles. The number of aliphatic hydroxyl groups is 2. The van der Waals surface area contributed by atoms with Gasteiger partial charge in [-0.25, -0.2) is 4.98 Å². The first-order chi connectivity index (χ1) is 14.8. The highest BCUT2D eigenvalue weighted by molar-refractivity contribution is 14.1. The zero-order valence-electron chi connectivity index (χ0n) is 16.2. The highest BCUT2D eigenvalue weighted by Gasteiger charge is 2.71. The molecule has 5 rings (SSSR count). The van der Waals surface area contributed by atoms with E-state index in [9.17, 15) is 15.0 Å². The summed E-state index contributed by atoms with van der Waals surface area (Å²) < 4.78 is 2.86. The van der Waals surface area contributed by atoms with E-state index in [1.165, 1.54) is 0 Å². The number of fused-ring (bicyclic) bond motifs is 2. The number of halogens is 2. The first-order valence-electron chi connectivity index (χ1n) is 9.83. The van der Waals surface area contributed by atoms with Crippen molar-refractivity contribution in [2.45, 2.75) is 37.6 Å². The van der Waals surface area contributed by atoms with Crippen LogP contribution in [0.5, 0.6) is 0 Å². The third-order valence-corrected chi connectivity index (χ3v) is 7.26. The second kappa shape index (κ2) is 7.54. The van der Waals surface area contributed by atoms with Gasteiger partial charge in [-0.2, -0.15) is 9.97 Å². The number of benzene rings is 1. The van der Waals surface area contributed by atoms with Gasteiger partial charge in [0.05, 0.1) is 18.5 Å². The summed E-state index contributed by atoms with van der Waals surface area (Å²) in [6.45, 7) is 0.529. The van der Waals surface area contributed by atoms with Crippen molar-refractivity contribution in [3.05, 3.63) is 45.0 Å². The van der Waals surface area contributed by atoms with Gasteiger partial charge in [0.1, 0.15) is 6.10 Å². The van der Waals surface area contributed by atoms with Crippen molar-refractivity contribution < 1.29 is 15.0 Å². The van der Waals surface area contributed by atoms with Crippen molar-refractivity contribution in [1.82, 2.24) is 19.5 Å². The van der Waals surface area contributed by atoms with E-state index < -0.39 is 29.6 Å². The van der Waals surface area contributed by atoms with E-state index in [0.717, 1.165) is 9.13 Å². The van der Waals surface area contributed by atoms with Gasteiger partial charge >= 0.3 is 0 Å². The Balaban J connectivity index is 1.47. The van der Waals surface area contributed by atoms with Crippen LogP contribution in [-0.4, -0.2) is 47.8 Å². The Morgan fingerprint density at radius 1 is 1.39 bits per heavy atom. The molecule has 0 aliphatic heterocycles. The van der Waals surface area contributed by atoms with Gasteiger partial charge < -0.3 is 25.8 Å². The van der Waals surface area contributed by atoms with E-state index in [2.05, 4.69) is 48.9 Å². The summed E-state index contributed by atoms with van der Waals surface area (Å²) >= 11 is 8.46. The van der Waals surface area contributed by atoms with Crippen LogP contribution in [0.3, 0.4) is 0 Å². The zero-order valence-corrected chi connectivity index (χ0v) is 19.2. The third-order valence-electron chi connectivity index (χ3n) is 6.42. The summed E-state index contributed by atoms with van der Waals surface area (Å²) in [5, 5.41) is 24.7. The number of hydrogen-bond acceptors (Lipinski definition) is 7. The Morgan fingerprint density at radius 2 is 2.19 bits per heavy atom. The fourth-order valence-electron chi connectivity index (χ4n) is 4.97. The van der Waals surface area contributed by atoms with Gasteiger partial charge in [-0.1, -0.05) is 12.1 Å². The molecule has 31 heavy (non-hydrogen) atoms. The maximum absolute atomic E-state index is 11.5. The minimum absolute atomic E-state index is 0.0391. The fraction of sp³-hybridized carbons (Fsp3) is 0.400. The number of carbonyl (C=O) groups is 1. The SMILES string of the molecule is NC(=O)C[C@@]12C[C@@H]1[C@@H](n1cnc3c(NCc4cccc(I)c4)nc(Cl)nc31)[C@H](O)[C@@H]2O. The number of carbonyl (C=O) groups excluding carboxylic acids is 1. The van der Waals surface area contributed by atoms with Crippen LogP contribution in [0.15, 0.2) is 30.6 Å². The molecule has 3 aromatic rings. The molecule has 0 saturated heterocycles. The van der Waals surface area contributed by atoms with Crippen LogP contribution >= 0.6 is 34.2 Å². The van der Waals surface area contributed by atoms with E-state index in [1.54, 1.807) is 10.9 Å². The fourth-order valence-corrected chi connectivity index (χ4v) is 5.74. The highest BCUT2D eigenvalue weighted by Crippen LogP contribution is 2.69. The van der Waals surface area contributed by atoms with Crippen molar-refractivity contribution in [3.63, 3.8) is 0 Å². The van der Waals surface area contributed by atoms with Crippen molar-refractivity contribution >= 4 is 57.1 Å². The normalized spacial score (nSPS) is 29.2. The summed E-state index contributed by atoms with van der Waals surface area (Å²) in [5.41, 5.74) is 6.75. The monoisotopic (exact) mass is 554 g/mol. The average molecular weight is 555 g/mol. The maximum atomic E-state index is 11.5. The predicted molar refractivity (Wildman–Crippen MR) is 122 cm³/mol. The summed E-state index contributed by atoms with van der Waals surface area (Å²) in [5.74, 6) is -0.101. The lowest BCUT2D eigenvalue weighted by Crippen LogP contribution is -2.35. The molecule has 2 aliphatic rings. The molecule has 0 unspecified atom stereocenters. The molecule has 2 fully saturated rings. The molecule has 1 amide bonds. The molecule has 5 atom stereocenters. The number of nitrogens with zero attached hydrogens (tertiary/aromatic N) is 4. The molecular weight excluding hydrogens is 535 g/mol. The van der Waals surface area contributed by atoms with Crippen LogP contribution in [0.2, 0.25) is 5.28 Å². The van der Waals surface area contributed by atoms with Crippen molar-refractivity contribution in [1.29, 1.82) is 0 Å². The van der Waals surface area contributed by atoms with Crippen LogP contribution in [0.25, 0.3) is 11.2 Å². The first kappa shape index (κ1) is 20.9. The topological polar surface area (TPSA) is 139 Å². The maximum Gasteiger partial charge on any atom is 0.226 e. The Bertz CT molecular complexity index is 1190. The summed E-state index contributed by atoms with van der Waals surface area (Å²) in [7, 11) is 0. The molecule has 0 radical (unpaired) electrons. The summed E-state index contributed by atoms with van der Waals surface area (Å²) in [6.07, 6.45) is 0.118. The molecule has 2 aromatic heterocycles. The molecule has 9 nitrogen and oxygen atoms in total. The van der Waals surface area contributed by atoms with E-state index in [4.69, 9.17) is 17.3 Å². The Labute approximate surface area is 196 Å². The molecule has 2 heterocycles. The Morgan fingerprint density at radius 3 is 2.94 bits per heavy atom. The Kier molecular flexibility index (Phi) is 5.07. The van der Waals surface area contributed by atoms with Gasteiger partial charge in [0.15, 0.2) is 17.0 Å². The van der Waals surface area contributed by atoms with Crippen molar-refractivity contribution in [3.8, 4) is 0 Å². The second-order valence-corrected chi connectivity index (χ2v) is 9.85. The number of rotatable bonds is 6. The molecule has 0 bridgehead atoms. The number of hydrogen-bond donors (Lipinski definition) is 4. The van der Waals surface area contributed by atoms with Gasteiger partial charge in [0.2, 0.25) is 11.2 Å². The van der Waals surface area contributed by atoms with E-state index >= 15 is 0 Å². The Hall–Kier alpha value is -2.02. The van der Waals surface area contributed by atoms with Gasteiger partial charge in [0, 0.05) is 22.0 Å². The molecule has 5 N–H and O–H groups in total. The molecule has 2 saturated carbocycles. The lowest BCUT2D eigenvalue weighted by Gasteiger charge is -2.23. The smallest absolute Gasteiger partial charge is 0.226 e. The lowest BCUT2D eigenvalue weighted by atomic mass is 9.95.